The van der Waals surface area contributed by atoms with Crippen molar-refractivity contribution in [3.63, 3.8) is 0 Å². The van der Waals surface area contributed by atoms with Crippen LogP contribution in [0.4, 0.5) is 34.1 Å². The summed E-state index contributed by atoms with van der Waals surface area (Å²) in [5.41, 5.74) is 22.5. The van der Waals surface area contributed by atoms with Gasteiger partial charge in [-0.15, -0.1) is 0 Å². The molecule has 2 heteroatoms. The van der Waals surface area contributed by atoms with E-state index in [0.717, 1.165) is 11.4 Å². The van der Waals surface area contributed by atoms with E-state index < -0.39 is 0 Å². The molecule has 11 rings (SSSR count). The summed E-state index contributed by atoms with van der Waals surface area (Å²) >= 11 is 0. The molecule has 0 spiro atoms. The van der Waals surface area contributed by atoms with E-state index in [-0.39, 0.29) is 16.2 Å². The fraction of sp³-hybridized carbons (Fsp3) is 0.158. The van der Waals surface area contributed by atoms with Crippen LogP contribution in [0, 0.1) is 0 Å². The van der Waals surface area contributed by atoms with Crippen LogP contribution in [0.3, 0.4) is 0 Å². The highest BCUT2D eigenvalue weighted by molar-refractivity contribution is 5.91. The van der Waals surface area contributed by atoms with E-state index in [1.165, 1.54) is 89.5 Å². The van der Waals surface area contributed by atoms with Crippen molar-refractivity contribution in [1.82, 2.24) is 0 Å². The van der Waals surface area contributed by atoms with Crippen LogP contribution in [0.2, 0.25) is 0 Å². The Bertz CT molecular complexity index is 2860. The summed E-state index contributed by atoms with van der Waals surface area (Å²) in [5.74, 6) is 0. The van der Waals surface area contributed by atoms with Gasteiger partial charge < -0.3 is 9.80 Å². The zero-order valence-electron chi connectivity index (χ0n) is 34.7. The van der Waals surface area contributed by atoms with E-state index in [9.17, 15) is 0 Å². The highest BCUT2D eigenvalue weighted by Crippen LogP contribution is 2.56. The lowest BCUT2D eigenvalue weighted by molar-refractivity contribution is 0.632. The maximum absolute atomic E-state index is 2.51. The number of nitrogens with zero attached hydrogens (tertiary/aromatic N) is 2. The Kier molecular flexibility index (Phi) is 7.63. The van der Waals surface area contributed by atoms with E-state index in [1.54, 1.807) is 0 Å². The summed E-state index contributed by atoms with van der Waals surface area (Å²) in [4.78, 5) is 4.97. The molecule has 59 heavy (non-hydrogen) atoms. The SMILES string of the molecule is CC1(C)c2ccccc2-c2ccc(N(c3ccc4c(c3)C(C)(C)c3ccccc3-4)c3ccc4c(c3)C(C)(C)c3ccccc3N4c3ccc(-c4ccccc4)cc3)cc21. The quantitative estimate of drug-likeness (QED) is 0.172. The van der Waals surface area contributed by atoms with Gasteiger partial charge in [0.2, 0.25) is 0 Å². The average molecular weight is 761 g/mol. The highest BCUT2D eigenvalue weighted by Gasteiger charge is 2.40. The van der Waals surface area contributed by atoms with Gasteiger partial charge in [-0.1, -0.05) is 163 Å². The van der Waals surface area contributed by atoms with Crippen LogP contribution in [0.15, 0.2) is 182 Å². The molecule has 8 aromatic carbocycles. The predicted molar refractivity (Wildman–Crippen MR) is 248 cm³/mol. The van der Waals surface area contributed by atoms with Crippen molar-refractivity contribution in [2.45, 2.75) is 57.8 Å². The van der Waals surface area contributed by atoms with Gasteiger partial charge in [0.1, 0.15) is 0 Å². The summed E-state index contributed by atoms with van der Waals surface area (Å²) in [5, 5.41) is 0. The smallest absolute Gasteiger partial charge is 0.0504 e. The third kappa shape index (κ3) is 5.18. The topological polar surface area (TPSA) is 6.48 Å². The molecule has 8 aromatic rings. The molecule has 0 unspecified atom stereocenters. The first kappa shape index (κ1) is 35.5. The Balaban J connectivity index is 1.10. The number of benzene rings is 8. The second-order valence-electron chi connectivity index (χ2n) is 18.2. The molecule has 3 aliphatic rings. The minimum absolute atomic E-state index is 0.118. The van der Waals surface area contributed by atoms with Gasteiger partial charge in [0.25, 0.3) is 0 Å². The van der Waals surface area contributed by atoms with Gasteiger partial charge in [0, 0.05) is 39.0 Å². The van der Waals surface area contributed by atoms with Crippen molar-refractivity contribution in [2.75, 3.05) is 9.80 Å². The molecular formula is C57H48N2. The maximum atomic E-state index is 2.51. The number of fused-ring (bicyclic) bond motifs is 8. The molecule has 2 aliphatic carbocycles. The molecule has 0 aromatic heterocycles. The molecule has 0 N–H and O–H groups in total. The molecule has 0 saturated heterocycles. The molecule has 1 aliphatic heterocycles. The lowest BCUT2D eigenvalue weighted by Crippen LogP contribution is -2.31. The molecule has 0 atom stereocenters. The summed E-state index contributed by atoms with van der Waals surface area (Å²) in [7, 11) is 0. The van der Waals surface area contributed by atoms with Crippen molar-refractivity contribution < 1.29 is 0 Å². The van der Waals surface area contributed by atoms with Gasteiger partial charge in [-0.25, -0.2) is 0 Å². The van der Waals surface area contributed by atoms with E-state index in [1.807, 2.05) is 0 Å². The van der Waals surface area contributed by atoms with E-state index in [4.69, 9.17) is 0 Å². The molecule has 0 fully saturated rings. The van der Waals surface area contributed by atoms with Crippen LogP contribution in [-0.4, -0.2) is 0 Å². The number of hydrogen-bond acceptors (Lipinski definition) is 2. The van der Waals surface area contributed by atoms with Crippen molar-refractivity contribution in [2.24, 2.45) is 0 Å². The summed E-state index contributed by atoms with van der Waals surface area (Å²) in [6.45, 7) is 14.3. The largest absolute Gasteiger partial charge is 0.310 e. The van der Waals surface area contributed by atoms with Crippen LogP contribution in [-0.2, 0) is 16.2 Å². The lowest BCUT2D eigenvalue weighted by atomic mass is 9.73. The van der Waals surface area contributed by atoms with Crippen molar-refractivity contribution in [3.05, 3.63) is 215 Å². The monoisotopic (exact) mass is 760 g/mol. The van der Waals surface area contributed by atoms with E-state index in [2.05, 4.69) is 233 Å². The highest BCUT2D eigenvalue weighted by atomic mass is 15.2. The predicted octanol–water partition coefficient (Wildman–Crippen LogP) is 15.5. The number of rotatable bonds is 5. The molecule has 0 bridgehead atoms. The van der Waals surface area contributed by atoms with Crippen LogP contribution in [0.5, 0.6) is 0 Å². The van der Waals surface area contributed by atoms with E-state index in [0.29, 0.717) is 0 Å². The van der Waals surface area contributed by atoms with Crippen LogP contribution in [0.1, 0.15) is 74.9 Å². The third-order valence-corrected chi connectivity index (χ3v) is 13.9. The second-order valence-corrected chi connectivity index (χ2v) is 18.2. The first-order chi connectivity index (χ1) is 28.5. The Morgan fingerprint density at radius 1 is 0.322 bits per heavy atom. The first-order valence-electron chi connectivity index (χ1n) is 21.0. The maximum Gasteiger partial charge on any atom is 0.0504 e. The zero-order valence-corrected chi connectivity index (χ0v) is 34.7. The Morgan fingerprint density at radius 3 is 1.31 bits per heavy atom. The van der Waals surface area contributed by atoms with Crippen molar-refractivity contribution >= 4 is 34.1 Å². The zero-order chi connectivity index (χ0) is 40.3. The minimum atomic E-state index is -0.253. The fourth-order valence-corrected chi connectivity index (χ4v) is 10.7. The third-order valence-electron chi connectivity index (χ3n) is 13.9. The molecule has 0 radical (unpaired) electrons. The molecule has 2 nitrogen and oxygen atoms in total. The second kappa shape index (κ2) is 12.7. The Hall–Kier alpha value is -6.64. The normalized spacial score (nSPS) is 15.7. The minimum Gasteiger partial charge on any atom is -0.310 e. The summed E-state index contributed by atoms with van der Waals surface area (Å²) in [6, 6.07) is 68.0. The lowest BCUT2D eigenvalue weighted by Gasteiger charge is -2.42. The van der Waals surface area contributed by atoms with Crippen LogP contribution in [0.25, 0.3) is 33.4 Å². The molecular weight excluding hydrogens is 713 g/mol. The summed E-state index contributed by atoms with van der Waals surface area (Å²) in [6.07, 6.45) is 0. The van der Waals surface area contributed by atoms with Gasteiger partial charge in [-0.3, -0.25) is 0 Å². The summed E-state index contributed by atoms with van der Waals surface area (Å²) < 4.78 is 0. The van der Waals surface area contributed by atoms with Crippen molar-refractivity contribution in [1.29, 1.82) is 0 Å². The van der Waals surface area contributed by atoms with Gasteiger partial charge in [-0.05, 0) is 127 Å². The number of anilines is 6. The molecule has 0 saturated carbocycles. The number of para-hydroxylation sites is 1. The Morgan fingerprint density at radius 2 is 0.729 bits per heavy atom. The van der Waals surface area contributed by atoms with Gasteiger partial charge in [0.05, 0.1) is 11.4 Å². The van der Waals surface area contributed by atoms with Gasteiger partial charge >= 0.3 is 0 Å². The standard InChI is InChI=1S/C57H48N2/c1-55(2)47-20-12-10-18-43(47)45-31-28-40(34-50(45)55)58(41-29-32-46-44-19-11-13-21-48(44)56(3,4)51(46)35-41)42-30-33-54-52(36-42)57(5,6)49-22-14-15-23-53(49)59(54)39-26-24-38(25-27-39)37-16-8-7-9-17-37/h7-36H,1-6H3. The average Bonchev–Trinajstić information content (AvgIpc) is 3.63. The molecule has 286 valence electrons. The number of hydrogen-bond donors (Lipinski definition) is 0. The fourth-order valence-electron chi connectivity index (χ4n) is 10.7. The Labute approximate surface area is 349 Å². The van der Waals surface area contributed by atoms with Gasteiger partial charge in [0.15, 0.2) is 0 Å². The van der Waals surface area contributed by atoms with E-state index >= 15 is 0 Å². The van der Waals surface area contributed by atoms with Gasteiger partial charge in [-0.2, -0.15) is 0 Å². The molecule has 1 heterocycles. The first-order valence-corrected chi connectivity index (χ1v) is 21.0. The van der Waals surface area contributed by atoms with Crippen LogP contribution >= 0.6 is 0 Å². The van der Waals surface area contributed by atoms with Crippen molar-refractivity contribution in [3.8, 4) is 33.4 Å². The van der Waals surface area contributed by atoms with Crippen LogP contribution < -0.4 is 9.80 Å². The molecule has 0 amide bonds.